The van der Waals surface area contributed by atoms with Crippen LogP contribution in [0.25, 0.3) is 0 Å². The molecule has 0 aliphatic carbocycles. The Labute approximate surface area is 151 Å². The number of carbonyl (C=O) groups excluding carboxylic acids is 1. The molecule has 0 saturated carbocycles. The average molecular weight is 363 g/mol. The van der Waals surface area contributed by atoms with Crippen molar-refractivity contribution in [1.82, 2.24) is 4.90 Å². The molecule has 1 amide bonds. The lowest BCUT2D eigenvalue weighted by Crippen LogP contribution is -2.38. The van der Waals surface area contributed by atoms with E-state index >= 15 is 0 Å². The lowest BCUT2D eigenvalue weighted by Gasteiger charge is -2.23. The molecule has 2 aromatic rings. The molecule has 6 heteroatoms. The van der Waals surface area contributed by atoms with E-state index in [1.54, 1.807) is 36.4 Å². The highest BCUT2D eigenvalue weighted by Crippen LogP contribution is 2.18. The van der Waals surface area contributed by atoms with Crippen molar-refractivity contribution in [2.24, 2.45) is 0 Å². The molecule has 1 saturated heterocycles. The third kappa shape index (κ3) is 4.86. The van der Waals surface area contributed by atoms with E-state index in [1.807, 2.05) is 4.90 Å². The van der Waals surface area contributed by atoms with E-state index in [1.165, 1.54) is 12.1 Å². The zero-order chi connectivity index (χ0) is 17.6. The van der Waals surface area contributed by atoms with Crippen LogP contribution >= 0.6 is 11.6 Å². The van der Waals surface area contributed by atoms with Gasteiger partial charge in [-0.2, -0.15) is 0 Å². The second kappa shape index (κ2) is 8.21. The van der Waals surface area contributed by atoms with Crippen LogP contribution in [0.4, 0.5) is 10.1 Å². The predicted octanol–water partition coefficient (Wildman–Crippen LogP) is 3.60. The fourth-order valence-electron chi connectivity index (χ4n) is 2.84. The molecule has 1 heterocycles. The average Bonchev–Trinajstić information content (AvgIpc) is 2.88. The van der Waals surface area contributed by atoms with Crippen LogP contribution in [0.2, 0.25) is 5.02 Å². The SMILES string of the molecule is O=C(COc1ccc(Cl)cc1)N1CCCN(c2ccc(F)cc2)CC1. The summed E-state index contributed by atoms with van der Waals surface area (Å²) in [6.45, 7) is 2.89. The molecule has 0 atom stereocenters. The number of anilines is 1. The Bertz CT molecular complexity index is 706. The number of amides is 1. The molecular formula is C19H20ClFN2O2. The maximum atomic E-state index is 13.1. The summed E-state index contributed by atoms with van der Waals surface area (Å²) in [5.74, 6) is 0.353. The third-order valence-electron chi connectivity index (χ3n) is 4.22. The van der Waals surface area contributed by atoms with E-state index in [4.69, 9.17) is 16.3 Å². The number of nitrogens with zero attached hydrogens (tertiary/aromatic N) is 2. The van der Waals surface area contributed by atoms with Crippen molar-refractivity contribution in [2.45, 2.75) is 6.42 Å². The van der Waals surface area contributed by atoms with Gasteiger partial charge in [-0.25, -0.2) is 4.39 Å². The molecule has 0 radical (unpaired) electrons. The quantitative estimate of drug-likeness (QED) is 0.833. The number of ether oxygens (including phenoxy) is 1. The van der Waals surface area contributed by atoms with Crippen LogP contribution in [0.15, 0.2) is 48.5 Å². The molecule has 0 bridgehead atoms. The summed E-state index contributed by atoms with van der Waals surface area (Å²) < 4.78 is 18.6. The minimum absolute atomic E-state index is 0.0121. The zero-order valence-corrected chi connectivity index (χ0v) is 14.6. The number of hydrogen-bond acceptors (Lipinski definition) is 3. The van der Waals surface area contributed by atoms with Crippen LogP contribution < -0.4 is 9.64 Å². The van der Waals surface area contributed by atoms with E-state index < -0.39 is 0 Å². The highest BCUT2D eigenvalue weighted by atomic mass is 35.5. The van der Waals surface area contributed by atoms with Gasteiger partial charge >= 0.3 is 0 Å². The van der Waals surface area contributed by atoms with Crippen LogP contribution in [0.1, 0.15) is 6.42 Å². The summed E-state index contributed by atoms with van der Waals surface area (Å²) in [7, 11) is 0. The molecule has 0 aromatic heterocycles. The van der Waals surface area contributed by atoms with Gasteiger partial charge in [0.15, 0.2) is 6.61 Å². The molecule has 4 nitrogen and oxygen atoms in total. The van der Waals surface area contributed by atoms with Gasteiger partial charge in [0.05, 0.1) is 0 Å². The predicted molar refractivity (Wildman–Crippen MR) is 96.8 cm³/mol. The Morgan fingerprint density at radius 2 is 1.72 bits per heavy atom. The van der Waals surface area contributed by atoms with E-state index in [2.05, 4.69) is 4.90 Å². The Balaban J connectivity index is 1.52. The van der Waals surface area contributed by atoms with Gasteiger partial charge in [-0.15, -0.1) is 0 Å². The third-order valence-corrected chi connectivity index (χ3v) is 4.47. The fraction of sp³-hybridized carbons (Fsp3) is 0.316. The van der Waals surface area contributed by atoms with Gasteiger partial charge in [0.1, 0.15) is 11.6 Å². The smallest absolute Gasteiger partial charge is 0.260 e. The zero-order valence-electron chi connectivity index (χ0n) is 13.8. The monoisotopic (exact) mass is 362 g/mol. The van der Waals surface area contributed by atoms with Gasteiger partial charge in [-0.1, -0.05) is 11.6 Å². The number of benzene rings is 2. The highest BCUT2D eigenvalue weighted by Gasteiger charge is 2.19. The maximum Gasteiger partial charge on any atom is 0.260 e. The summed E-state index contributed by atoms with van der Waals surface area (Å²) in [5.41, 5.74) is 0.980. The molecule has 1 aliphatic heterocycles. The topological polar surface area (TPSA) is 32.8 Å². The molecule has 3 rings (SSSR count). The highest BCUT2D eigenvalue weighted by molar-refractivity contribution is 6.30. The molecule has 2 aromatic carbocycles. The van der Waals surface area contributed by atoms with Gasteiger partial charge in [0.2, 0.25) is 0 Å². The number of halogens is 2. The number of rotatable bonds is 4. The number of hydrogen-bond donors (Lipinski definition) is 0. The summed E-state index contributed by atoms with van der Waals surface area (Å²) in [4.78, 5) is 16.4. The molecule has 0 N–H and O–H groups in total. The second-order valence-electron chi connectivity index (χ2n) is 5.94. The second-order valence-corrected chi connectivity index (χ2v) is 6.38. The lowest BCUT2D eigenvalue weighted by molar-refractivity contribution is -0.133. The van der Waals surface area contributed by atoms with Crippen LogP contribution in [-0.2, 0) is 4.79 Å². The van der Waals surface area contributed by atoms with Crippen LogP contribution in [0.3, 0.4) is 0 Å². The first-order valence-electron chi connectivity index (χ1n) is 8.28. The van der Waals surface area contributed by atoms with Crippen molar-refractivity contribution in [1.29, 1.82) is 0 Å². The Morgan fingerprint density at radius 1 is 1.00 bits per heavy atom. The van der Waals surface area contributed by atoms with Crippen LogP contribution in [-0.4, -0.2) is 43.6 Å². The summed E-state index contributed by atoms with van der Waals surface area (Å²) in [6.07, 6.45) is 0.865. The van der Waals surface area contributed by atoms with Gasteiger partial charge in [0.25, 0.3) is 5.91 Å². The molecule has 25 heavy (non-hydrogen) atoms. The van der Waals surface area contributed by atoms with Crippen molar-refractivity contribution in [3.8, 4) is 5.75 Å². The van der Waals surface area contributed by atoms with Gasteiger partial charge < -0.3 is 14.5 Å². The molecule has 1 aliphatic rings. The molecule has 0 spiro atoms. The van der Waals surface area contributed by atoms with E-state index in [0.29, 0.717) is 23.9 Å². The summed E-state index contributed by atoms with van der Waals surface area (Å²) >= 11 is 5.83. The van der Waals surface area contributed by atoms with Crippen LogP contribution in [0.5, 0.6) is 5.75 Å². The molecule has 132 valence electrons. The summed E-state index contributed by atoms with van der Waals surface area (Å²) in [6, 6.07) is 13.4. The van der Waals surface area contributed by atoms with Crippen molar-refractivity contribution in [3.63, 3.8) is 0 Å². The molecular weight excluding hydrogens is 343 g/mol. The van der Waals surface area contributed by atoms with Crippen molar-refractivity contribution < 1.29 is 13.9 Å². The Kier molecular flexibility index (Phi) is 5.76. The van der Waals surface area contributed by atoms with E-state index in [9.17, 15) is 9.18 Å². The van der Waals surface area contributed by atoms with Crippen LogP contribution in [0, 0.1) is 5.82 Å². The maximum absolute atomic E-state index is 13.1. The Hall–Kier alpha value is -2.27. The lowest BCUT2D eigenvalue weighted by atomic mass is 10.2. The van der Waals surface area contributed by atoms with Crippen molar-refractivity contribution in [3.05, 3.63) is 59.4 Å². The standard InChI is InChI=1S/C19H20ClFN2O2/c20-15-2-8-18(9-3-15)25-14-19(24)23-11-1-10-22(12-13-23)17-6-4-16(21)5-7-17/h2-9H,1,10-14H2. The number of carbonyl (C=O) groups is 1. The minimum atomic E-state index is -0.241. The first-order valence-corrected chi connectivity index (χ1v) is 8.66. The normalized spacial score (nSPS) is 15.0. The minimum Gasteiger partial charge on any atom is -0.484 e. The molecule has 0 unspecified atom stereocenters. The van der Waals surface area contributed by atoms with E-state index in [-0.39, 0.29) is 18.3 Å². The van der Waals surface area contributed by atoms with Crippen molar-refractivity contribution in [2.75, 3.05) is 37.7 Å². The van der Waals surface area contributed by atoms with E-state index in [0.717, 1.165) is 25.2 Å². The first-order chi connectivity index (χ1) is 12.1. The summed E-state index contributed by atoms with van der Waals surface area (Å²) in [5, 5.41) is 0.632. The van der Waals surface area contributed by atoms with Gasteiger partial charge in [0, 0.05) is 36.9 Å². The van der Waals surface area contributed by atoms with Crippen molar-refractivity contribution >= 4 is 23.2 Å². The largest absolute Gasteiger partial charge is 0.484 e. The van der Waals surface area contributed by atoms with Gasteiger partial charge in [-0.3, -0.25) is 4.79 Å². The van der Waals surface area contributed by atoms with Gasteiger partial charge in [-0.05, 0) is 55.0 Å². The fourth-order valence-corrected chi connectivity index (χ4v) is 2.97. The first kappa shape index (κ1) is 17.5. The Morgan fingerprint density at radius 3 is 2.44 bits per heavy atom. The molecule has 1 fully saturated rings.